The molecule has 1 fully saturated rings. The fourth-order valence-corrected chi connectivity index (χ4v) is 2.13. The molecule has 1 aromatic rings. The van der Waals surface area contributed by atoms with Crippen molar-refractivity contribution in [3.05, 3.63) is 34.1 Å². The summed E-state index contributed by atoms with van der Waals surface area (Å²) in [4.78, 5) is 0. The highest BCUT2D eigenvalue weighted by Crippen LogP contribution is 2.33. The van der Waals surface area contributed by atoms with Gasteiger partial charge in [-0.25, -0.2) is 4.39 Å². The van der Waals surface area contributed by atoms with Crippen LogP contribution in [0.2, 0.25) is 0 Å². The van der Waals surface area contributed by atoms with Crippen molar-refractivity contribution < 1.29 is 9.13 Å². The number of ether oxygens (including phenoxy) is 1. The standard InChI is InChI=1S/C10H11BrFNO/c11-8-2-1-6(12)5-7(8)10-9(13)3-4-14-10/h1-2,5,9-10H,3-4,13H2. The van der Waals surface area contributed by atoms with E-state index in [1.54, 1.807) is 6.07 Å². The van der Waals surface area contributed by atoms with Gasteiger partial charge in [-0.2, -0.15) is 0 Å². The Labute approximate surface area is 90.4 Å². The van der Waals surface area contributed by atoms with Crippen molar-refractivity contribution in [3.63, 3.8) is 0 Å². The predicted octanol–water partition coefficient (Wildman–Crippen LogP) is 2.38. The summed E-state index contributed by atoms with van der Waals surface area (Å²) in [5.74, 6) is -0.258. The molecule has 2 atom stereocenters. The van der Waals surface area contributed by atoms with Crippen LogP contribution in [0.5, 0.6) is 0 Å². The van der Waals surface area contributed by atoms with Crippen molar-refractivity contribution in [2.24, 2.45) is 5.73 Å². The van der Waals surface area contributed by atoms with Crippen molar-refractivity contribution in [3.8, 4) is 0 Å². The van der Waals surface area contributed by atoms with Gasteiger partial charge in [-0.3, -0.25) is 0 Å². The first-order valence-corrected chi connectivity index (χ1v) is 5.30. The van der Waals surface area contributed by atoms with E-state index in [0.717, 1.165) is 16.5 Å². The number of hydrogen-bond acceptors (Lipinski definition) is 2. The monoisotopic (exact) mass is 259 g/mol. The average Bonchev–Trinajstić information content (AvgIpc) is 2.56. The lowest BCUT2D eigenvalue weighted by Gasteiger charge is -2.16. The van der Waals surface area contributed by atoms with E-state index in [4.69, 9.17) is 10.5 Å². The van der Waals surface area contributed by atoms with E-state index < -0.39 is 0 Å². The van der Waals surface area contributed by atoms with E-state index in [1.165, 1.54) is 12.1 Å². The molecule has 2 rings (SSSR count). The first kappa shape index (κ1) is 10.1. The van der Waals surface area contributed by atoms with Crippen molar-refractivity contribution in [2.45, 2.75) is 18.6 Å². The van der Waals surface area contributed by atoms with Crippen molar-refractivity contribution in [1.82, 2.24) is 0 Å². The normalized spacial score (nSPS) is 26.8. The molecular formula is C10H11BrFNO. The minimum Gasteiger partial charge on any atom is -0.372 e. The molecule has 14 heavy (non-hydrogen) atoms. The maximum Gasteiger partial charge on any atom is 0.123 e. The Morgan fingerprint density at radius 3 is 2.93 bits per heavy atom. The van der Waals surface area contributed by atoms with Crippen LogP contribution < -0.4 is 5.73 Å². The smallest absolute Gasteiger partial charge is 0.123 e. The quantitative estimate of drug-likeness (QED) is 0.841. The molecule has 1 saturated heterocycles. The number of halogens is 2. The van der Waals surface area contributed by atoms with Crippen molar-refractivity contribution >= 4 is 15.9 Å². The lowest BCUT2D eigenvalue weighted by Crippen LogP contribution is -2.23. The van der Waals surface area contributed by atoms with Gasteiger partial charge in [-0.05, 0) is 30.2 Å². The SMILES string of the molecule is NC1CCOC1c1cc(F)ccc1Br. The largest absolute Gasteiger partial charge is 0.372 e. The van der Waals surface area contributed by atoms with Gasteiger partial charge in [-0.1, -0.05) is 15.9 Å². The van der Waals surface area contributed by atoms with E-state index in [2.05, 4.69) is 15.9 Å². The number of nitrogens with two attached hydrogens (primary N) is 1. The van der Waals surface area contributed by atoms with Crippen LogP contribution in [-0.2, 0) is 4.74 Å². The molecular weight excluding hydrogens is 249 g/mol. The maximum atomic E-state index is 13.0. The Bertz CT molecular complexity index is 345. The molecule has 2 N–H and O–H groups in total. The molecule has 2 unspecified atom stereocenters. The summed E-state index contributed by atoms with van der Waals surface area (Å²) in [6.07, 6.45) is 0.647. The third-order valence-electron chi connectivity index (χ3n) is 2.40. The Morgan fingerprint density at radius 1 is 1.50 bits per heavy atom. The highest BCUT2D eigenvalue weighted by molar-refractivity contribution is 9.10. The first-order valence-electron chi connectivity index (χ1n) is 4.50. The van der Waals surface area contributed by atoms with Crippen LogP contribution in [0.1, 0.15) is 18.1 Å². The van der Waals surface area contributed by atoms with E-state index in [0.29, 0.717) is 6.61 Å². The van der Waals surface area contributed by atoms with Crippen LogP contribution in [-0.4, -0.2) is 12.6 Å². The number of benzene rings is 1. The fourth-order valence-electron chi connectivity index (χ4n) is 1.66. The molecule has 1 aliphatic heterocycles. The second kappa shape index (κ2) is 3.96. The van der Waals surface area contributed by atoms with E-state index in [9.17, 15) is 4.39 Å². The third kappa shape index (κ3) is 1.82. The molecule has 0 bridgehead atoms. The molecule has 0 radical (unpaired) electrons. The maximum absolute atomic E-state index is 13.0. The zero-order chi connectivity index (χ0) is 10.1. The van der Waals surface area contributed by atoms with Gasteiger partial charge in [0.1, 0.15) is 5.82 Å². The summed E-state index contributed by atoms with van der Waals surface area (Å²) in [5, 5.41) is 0. The summed E-state index contributed by atoms with van der Waals surface area (Å²) in [5.41, 5.74) is 6.66. The Hall–Kier alpha value is -0.450. The predicted molar refractivity (Wildman–Crippen MR) is 55.4 cm³/mol. The van der Waals surface area contributed by atoms with Crippen LogP contribution in [0.15, 0.2) is 22.7 Å². The highest BCUT2D eigenvalue weighted by atomic mass is 79.9. The number of hydrogen-bond donors (Lipinski definition) is 1. The molecule has 0 aliphatic carbocycles. The highest BCUT2D eigenvalue weighted by Gasteiger charge is 2.28. The van der Waals surface area contributed by atoms with Gasteiger partial charge in [0.05, 0.1) is 6.10 Å². The van der Waals surface area contributed by atoms with E-state index in [-0.39, 0.29) is 18.0 Å². The zero-order valence-corrected chi connectivity index (χ0v) is 9.13. The second-order valence-corrected chi connectivity index (χ2v) is 4.26. The minimum atomic E-state index is -0.258. The summed E-state index contributed by atoms with van der Waals surface area (Å²) >= 11 is 3.37. The minimum absolute atomic E-state index is 0.0342. The number of rotatable bonds is 1. The molecule has 0 saturated carbocycles. The Kier molecular flexibility index (Phi) is 2.85. The zero-order valence-electron chi connectivity index (χ0n) is 7.54. The van der Waals surface area contributed by atoms with E-state index >= 15 is 0 Å². The van der Waals surface area contributed by atoms with Gasteiger partial charge in [-0.15, -0.1) is 0 Å². The molecule has 0 spiro atoms. The van der Waals surface area contributed by atoms with Gasteiger partial charge in [0.25, 0.3) is 0 Å². The molecule has 76 valence electrons. The Morgan fingerprint density at radius 2 is 2.29 bits per heavy atom. The summed E-state index contributed by atoms with van der Waals surface area (Å²) in [6.45, 7) is 0.648. The fraction of sp³-hybridized carbons (Fsp3) is 0.400. The van der Waals surface area contributed by atoms with Crippen LogP contribution in [0.25, 0.3) is 0 Å². The second-order valence-electron chi connectivity index (χ2n) is 3.41. The molecule has 0 amide bonds. The van der Waals surface area contributed by atoms with Crippen LogP contribution in [0.4, 0.5) is 4.39 Å². The van der Waals surface area contributed by atoms with Crippen LogP contribution in [0, 0.1) is 5.82 Å². The molecule has 4 heteroatoms. The van der Waals surface area contributed by atoms with Crippen LogP contribution in [0.3, 0.4) is 0 Å². The van der Waals surface area contributed by atoms with Gasteiger partial charge in [0.15, 0.2) is 0 Å². The first-order chi connectivity index (χ1) is 6.68. The molecule has 1 aromatic carbocycles. The Balaban J connectivity index is 2.34. The lowest BCUT2D eigenvalue weighted by molar-refractivity contribution is 0.104. The van der Waals surface area contributed by atoms with Gasteiger partial charge < -0.3 is 10.5 Å². The third-order valence-corrected chi connectivity index (χ3v) is 3.12. The van der Waals surface area contributed by atoms with Crippen molar-refractivity contribution in [2.75, 3.05) is 6.61 Å². The van der Waals surface area contributed by atoms with Gasteiger partial charge >= 0.3 is 0 Å². The van der Waals surface area contributed by atoms with Gasteiger partial charge in [0, 0.05) is 17.1 Å². The summed E-state index contributed by atoms with van der Waals surface area (Å²) < 4.78 is 19.3. The summed E-state index contributed by atoms with van der Waals surface area (Å²) in [6, 6.07) is 4.53. The molecule has 2 nitrogen and oxygen atoms in total. The average molecular weight is 260 g/mol. The van der Waals surface area contributed by atoms with E-state index in [1.807, 2.05) is 0 Å². The lowest BCUT2D eigenvalue weighted by atomic mass is 10.0. The molecule has 0 aromatic heterocycles. The topological polar surface area (TPSA) is 35.2 Å². The van der Waals surface area contributed by atoms with Gasteiger partial charge in [0.2, 0.25) is 0 Å². The summed E-state index contributed by atoms with van der Waals surface area (Å²) in [7, 11) is 0. The molecule has 1 aliphatic rings. The van der Waals surface area contributed by atoms with Crippen molar-refractivity contribution in [1.29, 1.82) is 0 Å². The van der Waals surface area contributed by atoms with Crippen LogP contribution >= 0.6 is 15.9 Å². The molecule has 1 heterocycles.